The van der Waals surface area contributed by atoms with Crippen LogP contribution < -0.4 is 10.5 Å². The molecule has 4 rings (SSSR count). The zero-order valence-corrected chi connectivity index (χ0v) is 15.1. The van der Waals surface area contributed by atoms with E-state index in [-0.39, 0.29) is 10.8 Å². The second-order valence-corrected chi connectivity index (χ2v) is 8.74. The molecule has 0 bridgehead atoms. The third kappa shape index (κ3) is 3.46. The van der Waals surface area contributed by atoms with Gasteiger partial charge in [-0.25, -0.2) is 18.4 Å². The van der Waals surface area contributed by atoms with E-state index in [1.807, 2.05) is 6.07 Å². The average Bonchev–Trinajstić information content (AvgIpc) is 3.14. The lowest BCUT2D eigenvalue weighted by Gasteiger charge is -2.08. The van der Waals surface area contributed by atoms with E-state index in [2.05, 4.69) is 25.5 Å². The van der Waals surface area contributed by atoms with Crippen molar-refractivity contribution in [3.63, 3.8) is 0 Å². The van der Waals surface area contributed by atoms with Crippen LogP contribution in [0.1, 0.15) is 30.0 Å². The number of anilines is 2. The lowest BCUT2D eigenvalue weighted by Crippen LogP contribution is -2.02. The molecule has 26 heavy (non-hydrogen) atoms. The zero-order valence-electron chi connectivity index (χ0n) is 13.4. The van der Waals surface area contributed by atoms with E-state index < -0.39 is 10.0 Å². The maximum Gasteiger partial charge on any atom is 0.263 e. The molecular weight excluding hydrogens is 376 g/mol. The SMILES string of the molecule is [NH]S(=O)(=O)c1ccc(-c2ncc(CO)c(Nc3cc(C4CC4)[nH]n3)n2)s1. The highest BCUT2D eigenvalue weighted by Gasteiger charge is 2.25. The number of thiophene rings is 1. The molecule has 0 atom stereocenters. The zero-order chi connectivity index (χ0) is 18.3. The van der Waals surface area contributed by atoms with Crippen molar-refractivity contribution in [2.24, 2.45) is 0 Å². The minimum atomic E-state index is -4.02. The molecule has 0 saturated heterocycles. The highest BCUT2D eigenvalue weighted by molar-refractivity contribution is 7.91. The summed E-state index contributed by atoms with van der Waals surface area (Å²) >= 11 is 0.925. The molecule has 0 aromatic carbocycles. The topological polar surface area (TPSA) is 145 Å². The third-order valence-corrected chi connectivity index (χ3v) is 6.41. The number of aromatic nitrogens is 4. The van der Waals surface area contributed by atoms with Crippen LogP contribution in [-0.2, 0) is 16.6 Å². The molecule has 3 aromatic heterocycles. The van der Waals surface area contributed by atoms with Crippen LogP contribution in [0, 0.1) is 0 Å². The number of hydrogen-bond acceptors (Lipinski definition) is 8. The molecule has 0 unspecified atom stereocenters. The molecule has 4 N–H and O–H groups in total. The first kappa shape index (κ1) is 17.1. The molecule has 11 heteroatoms. The van der Waals surface area contributed by atoms with Gasteiger partial charge >= 0.3 is 0 Å². The van der Waals surface area contributed by atoms with Gasteiger partial charge in [0, 0.05) is 29.4 Å². The van der Waals surface area contributed by atoms with Crippen LogP contribution in [0.2, 0.25) is 0 Å². The molecular formula is C15H15N6O3S2. The van der Waals surface area contributed by atoms with Gasteiger partial charge < -0.3 is 10.4 Å². The number of aliphatic hydroxyl groups is 1. The number of nitrogens with one attached hydrogen (secondary N) is 3. The Morgan fingerprint density at radius 2 is 2.19 bits per heavy atom. The van der Waals surface area contributed by atoms with Crippen molar-refractivity contribution in [1.29, 1.82) is 0 Å². The number of nitrogens with zero attached hydrogens (tertiary/aromatic N) is 3. The summed E-state index contributed by atoms with van der Waals surface area (Å²) < 4.78 is 22.6. The van der Waals surface area contributed by atoms with Gasteiger partial charge in [0.05, 0.1) is 11.5 Å². The summed E-state index contributed by atoms with van der Waals surface area (Å²) in [5, 5.41) is 26.9. The van der Waals surface area contributed by atoms with Crippen molar-refractivity contribution in [1.82, 2.24) is 25.3 Å². The highest BCUT2D eigenvalue weighted by atomic mass is 32.2. The van der Waals surface area contributed by atoms with E-state index >= 15 is 0 Å². The van der Waals surface area contributed by atoms with E-state index in [1.165, 1.54) is 12.3 Å². The van der Waals surface area contributed by atoms with Gasteiger partial charge in [-0.2, -0.15) is 5.10 Å². The highest BCUT2D eigenvalue weighted by Crippen LogP contribution is 2.39. The summed E-state index contributed by atoms with van der Waals surface area (Å²) in [5.41, 5.74) is 1.56. The van der Waals surface area contributed by atoms with Crippen molar-refractivity contribution in [2.45, 2.75) is 29.6 Å². The third-order valence-electron chi connectivity index (χ3n) is 3.96. The maximum atomic E-state index is 11.3. The Hall–Kier alpha value is -2.34. The van der Waals surface area contributed by atoms with Crippen molar-refractivity contribution >= 4 is 33.0 Å². The standard InChI is InChI=1S/C15H15N6O3S2/c16-26(23,24)13-4-3-11(25-13)15-17-6-9(7-22)14(19-15)18-12-5-10(20-21-12)8-1-2-8/h3-6,8,16,22H,1-2,7H2,(H2,17,18,19,20,21). The van der Waals surface area contributed by atoms with Gasteiger partial charge in [0.2, 0.25) is 0 Å². The van der Waals surface area contributed by atoms with Gasteiger partial charge in [-0.1, -0.05) is 0 Å². The summed E-state index contributed by atoms with van der Waals surface area (Å²) in [7, 11) is -4.02. The van der Waals surface area contributed by atoms with Crippen molar-refractivity contribution < 1.29 is 13.5 Å². The lowest BCUT2D eigenvalue weighted by atomic mass is 10.3. The number of aromatic amines is 1. The Bertz CT molecular complexity index is 1060. The van der Waals surface area contributed by atoms with Crippen LogP contribution in [0.15, 0.2) is 28.6 Å². The van der Waals surface area contributed by atoms with Gasteiger partial charge in [0.1, 0.15) is 10.0 Å². The van der Waals surface area contributed by atoms with Crippen molar-refractivity contribution in [3.8, 4) is 10.7 Å². The van der Waals surface area contributed by atoms with E-state index in [1.54, 1.807) is 6.07 Å². The molecule has 9 nitrogen and oxygen atoms in total. The molecule has 3 aromatic rings. The van der Waals surface area contributed by atoms with Gasteiger partial charge in [-0.15, -0.1) is 16.5 Å². The maximum absolute atomic E-state index is 11.3. The van der Waals surface area contributed by atoms with E-state index in [0.717, 1.165) is 29.9 Å². The number of sulfonamides is 1. The molecule has 1 radical (unpaired) electrons. The first-order valence-corrected chi connectivity index (χ1v) is 10.1. The molecule has 1 saturated carbocycles. The monoisotopic (exact) mass is 391 g/mol. The fourth-order valence-corrected chi connectivity index (χ4v) is 4.09. The molecule has 3 heterocycles. The normalized spacial score (nSPS) is 14.5. The molecule has 135 valence electrons. The molecule has 1 fully saturated rings. The number of hydrogen-bond donors (Lipinski definition) is 3. The van der Waals surface area contributed by atoms with Crippen LogP contribution in [0.5, 0.6) is 0 Å². The van der Waals surface area contributed by atoms with E-state index in [4.69, 9.17) is 5.14 Å². The molecule has 0 aliphatic heterocycles. The van der Waals surface area contributed by atoms with Crippen LogP contribution in [0.25, 0.3) is 10.7 Å². The summed E-state index contributed by atoms with van der Waals surface area (Å²) in [6.45, 7) is -0.251. The minimum Gasteiger partial charge on any atom is -0.391 e. The summed E-state index contributed by atoms with van der Waals surface area (Å²) in [4.78, 5) is 9.09. The van der Waals surface area contributed by atoms with Gasteiger partial charge in [0.15, 0.2) is 11.6 Å². The largest absolute Gasteiger partial charge is 0.391 e. The molecule has 0 spiro atoms. The Balaban J connectivity index is 1.65. The second kappa shape index (κ2) is 6.43. The van der Waals surface area contributed by atoms with Crippen molar-refractivity contribution in [2.75, 3.05) is 5.32 Å². The lowest BCUT2D eigenvalue weighted by molar-refractivity contribution is 0.281. The predicted octanol–water partition coefficient (Wildman–Crippen LogP) is 2.01. The fraction of sp³-hybridized carbons (Fsp3) is 0.267. The van der Waals surface area contributed by atoms with E-state index in [9.17, 15) is 13.5 Å². The Morgan fingerprint density at radius 1 is 1.38 bits per heavy atom. The van der Waals surface area contributed by atoms with Gasteiger partial charge in [-0.3, -0.25) is 5.10 Å². The van der Waals surface area contributed by atoms with Crippen LogP contribution in [-0.4, -0.2) is 33.7 Å². The number of rotatable bonds is 6. The second-order valence-electron chi connectivity index (χ2n) is 5.96. The van der Waals surface area contributed by atoms with Crippen LogP contribution >= 0.6 is 11.3 Å². The predicted molar refractivity (Wildman–Crippen MR) is 95.4 cm³/mol. The molecule has 0 amide bonds. The quantitative estimate of drug-likeness (QED) is 0.583. The first-order valence-electron chi connectivity index (χ1n) is 7.83. The summed E-state index contributed by atoms with van der Waals surface area (Å²) in [6.07, 6.45) is 3.79. The summed E-state index contributed by atoms with van der Waals surface area (Å²) in [6, 6.07) is 4.83. The smallest absolute Gasteiger partial charge is 0.263 e. The van der Waals surface area contributed by atoms with Crippen molar-refractivity contribution in [3.05, 3.63) is 35.7 Å². The number of aliphatic hydroxyl groups excluding tert-OH is 1. The van der Waals surface area contributed by atoms with Crippen LogP contribution in [0.4, 0.5) is 11.6 Å². The van der Waals surface area contributed by atoms with E-state index in [0.29, 0.717) is 33.8 Å². The summed E-state index contributed by atoms with van der Waals surface area (Å²) in [5.74, 6) is 1.83. The fourth-order valence-electron chi connectivity index (χ4n) is 2.46. The Kier molecular flexibility index (Phi) is 4.23. The van der Waals surface area contributed by atoms with Gasteiger partial charge in [0.25, 0.3) is 10.0 Å². The molecule has 1 aliphatic carbocycles. The Morgan fingerprint density at radius 3 is 2.85 bits per heavy atom. The number of H-pyrrole nitrogens is 1. The van der Waals surface area contributed by atoms with Gasteiger partial charge in [-0.05, 0) is 25.0 Å². The first-order chi connectivity index (χ1) is 12.4. The Labute approximate surface area is 153 Å². The molecule has 1 aliphatic rings. The minimum absolute atomic E-state index is 0.0711. The van der Waals surface area contributed by atoms with Crippen LogP contribution in [0.3, 0.4) is 0 Å². The average molecular weight is 391 g/mol.